The van der Waals surface area contributed by atoms with Gasteiger partial charge in [0.2, 0.25) is 5.95 Å². The summed E-state index contributed by atoms with van der Waals surface area (Å²) in [5, 5.41) is 25.7. The largest absolute Gasteiger partial charge is 0.471 e. The zero-order valence-corrected chi connectivity index (χ0v) is 29.1. The summed E-state index contributed by atoms with van der Waals surface area (Å²) in [7, 11) is 4.08. The number of carbonyl (C=O) groups is 1. The zero-order chi connectivity index (χ0) is 35.6. The van der Waals surface area contributed by atoms with Crippen molar-refractivity contribution >= 4 is 28.8 Å². The number of aliphatic hydroxyl groups is 2. The molecule has 0 spiro atoms. The minimum atomic E-state index is -5.10. The maximum absolute atomic E-state index is 13.5. The number of amides is 1. The van der Waals surface area contributed by atoms with Crippen molar-refractivity contribution in [2.24, 2.45) is 5.92 Å². The van der Waals surface area contributed by atoms with Gasteiger partial charge in [-0.15, -0.1) is 0 Å². The van der Waals surface area contributed by atoms with E-state index in [0.717, 1.165) is 58.4 Å². The van der Waals surface area contributed by atoms with Crippen LogP contribution in [0.2, 0.25) is 0 Å². The number of hydrogen-bond acceptors (Lipinski definition) is 10. The van der Waals surface area contributed by atoms with E-state index in [1.54, 1.807) is 11.5 Å². The van der Waals surface area contributed by atoms with Crippen molar-refractivity contribution in [3.63, 3.8) is 0 Å². The van der Waals surface area contributed by atoms with Crippen LogP contribution in [0.5, 0.6) is 0 Å². The van der Waals surface area contributed by atoms with Gasteiger partial charge in [-0.05, 0) is 77.2 Å². The molecule has 3 aromatic rings. The number of carbonyl (C=O) groups excluding carboxylic acids is 1. The van der Waals surface area contributed by atoms with Crippen LogP contribution in [0.1, 0.15) is 50.6 Å². The molecule has 0 radical (unpaired) electrons. The Kier molecular flexibility index (Phi) is 11.2. The maximum Gasteiger partial charge on any atom is 0.471 e. The summed E-state index contributed by atoms with van der Waals surface area (Å²) < 4.78 is 42.2. The molecule has 0 bridgehead atoms. The molecule has 3 N–H and O–H groups in total. The fraction of sp³-hybridized carbons (Fsp3) is 0.657. The molecule has 3 aliphatic rings. The van der Waals surface area contributed by atoms with E-state index < -0.39 is 36.4 Å². The van der Waals surface area contributed by atoms with Gasteiger partial charge in [0.05, 0.1) is 18.4 Å². The molecule has 4 heterocycles. The SMILES string of the molecule is CCCN(C(=O)C(F)(F)F)[C@H]1C[C@@H](n2cnc3c(NCCN4CCC(Cc5ccccc5)CC4)nc(N4CC[C@@H](N(C)C)C4)nc32)[C@H](O)[C@@H]1O. The third-order valence-electron chi connectivity index (χ3n) is 10.7. The fourth-order valence-corrected chi connectivity index (χ4v) is 7.84. The molecule has 1 aromatic carbocycles. The van der Waals surface area contributed by atoms with Crippen molar-refractivity contribution in [3.8, 4) is 0 Å². The Bertz CT molecular complexity index is 1580. The summed E-state index contributed by atoms with van der Waals surface area (Å²) in [6.07, 6.45) is -2.12. The van der Waals surface area contributed by atoms with Crippen LogP contribution in [0.3, 0.4) is 0 Å². The van der Waals surface area contributed by atoms with E-state index in [0.29, 0.717) is 46.3 Å². The van der Waals surface area contributed by atoms with Crippen molar-refractivity contribution in [2.45, 2.75) is 82.0 Å². The van der Waals surface area contributed by atoms with Gasteiger partial charge in [0.15, 0.2) is 17.0 Å². The number of aromatic nitrogens is 4. The van der Waals surface area contributed by atoms with Gasteiger partial charge >= 0.3 is 12.1 Å². The first-order valence-electron chi connectivity index (χ1n) is 17.8. The van der Waals surface area contributed by atoms with E-state index in [4.69, 9.17) is 9.97 Å². The molecule has 2 saturated heterocycles. The first-order chi connectivity index (χ1) is 23.9. The van der Waals surface area contributed by atoms with Crippen molar-refractivity contribution in [1.82, 2.24) is 34.2 Å². The highest BCUT2D eigenvalue weighted by Gasteiger charge is 2.51. The Morgan fingerprint density at radius 1 is 1.04 bits per heavy atom. The quantitative estimate of drug-likeness (QED) is 0.260. The van der Waals surface area contributed by atoms with Crippen LogP contribution >= 0.6 is 0 Å². The van der Waals surface area contributed by atoms with Crippen LogP contribution in [0.15, 0.2) is 36.7 Å². The molecule has 1 amide bonds. The Morgan fingerprint density at radius 3 is 2.44 bits per heavy atom. The van der Waals surface area contributed by atoms with Crippen molar-refractivity contribution in [2.75, 3.05) is 70.1 Å². The molecule has 2 aromatic heterocycles. The second kappa shape index (κ2) is 15.4. The predicted molar refractivity (Wildman–Crippen MR) is 185 cm³/mol. The highest BCUT2D eigenvalue weighted by Crippen LogP contribution is 2.38. The number of nitrogens with one attached hydrogen (secondary N) is 1. The third-order valence-corrected chi connectivity index (χ3v) is 10.7. The number of benzene rings is 1. The van der Waals surface area contributed by atoms with E-state index in [-0.39, 0.29) is 19.4 Å². The minimum absolute atomic E-state index is 0.0929. The molecule has 1 saturated carbocycles. The molecule has 12 nitrogen and oxygen atoms in total. The third kappa shape index (κ3) is 7.85. The number of hydrogen-bond donors (Lipinski definition) is 3. The smallest absolute Gasteiger partial charge is 0.388 e. The van der Waals surface area contributed by atoms with Crippen LogP contribution in [-0.2, 0) is 11.2 Å². The first kappa shape index (κ1) is 36.3. The van der Waals surface area contributed by atoms with E-state index in [9.17, 15) is 28.2 Å². The lowest BCUT2D eigenvalue weighted by molar-refractivity contribution is -0.190. The monoisotopic (exact) mass is 701 g/mol. The van der Waals surface area contributed by atoms with Crippen LogP contribution in [0, 0.1) is 5.92 Å². The number of imidazole rings is 1. The molecule has 15 heteroatoms. The molecule has 0 unspecified atom stereocenters. The van der Waals surface area contributed by atoms with Crippen LogP contribution < -0.4 is 10.2 Å². The zero-order valence-electron chi connectivity index (χ0n) is 29.1. The number of piperidine rings is 1. The van der Waals surface area contributed by atoms with Gasteiger partial charge in [-0.2, -0.15) is 23.1 Å². The topological polar surface area (TPSA) is 126 Å². The highest BCUT2D eigenvalue weighted by atomic mass is 19.4. The fourth-order valence-electron chi connectivity index (χ4n) is 7.84. The summed E-state index contributed by atoms with van der Waals surface area (Å²) in [5.41, 5.74) is 2.27. The number of rotatable bonds is 12. The normalized spacial score (nSPS) is 25.2. The summed E-state index contributed by atoms with van der Waals surface area (Å²) >= 11 is 0. The Morgan fingerprint density at radius 2 is 1.78 bits per heavy atom. The van der Waals surface area contributed by atoms with E-state index >= 15 is 0 Å². The average Bonchev–Trinajstić information content (AvgIpc) is 3.83. The van der Waals surface area contributed by atoms with E-state index in [1.165, 1.54) is 11.9 Å². The molecular weight excluding hydrogens is 651 g/mol. The first-order valence-corrected chi connectivity index (χ1v) is 17.8. The number of halogens is 3. The van der Waals surface area contributed by atoms with Crippen LogP contribution in [-0.4, -0.2) is 141 Å². The van der Waals surface area contributed by atoms with Gasteiger partial charge in [-0.1, -0.05) is 37.3 Å². The Hall–Kier alpha value is -3.53. The lowest BCUT2D eigenvalue weighted by Gasteiger charge is -2.32. The van der Waals surface area contributed by atoms with Crippen molar-refractivity contribution in [3.05, 3.63) is 42.2 Å². The predicted octanol–water partition coefficient (Wildman–Crippen LogP) is 3.17. The Labute approximate surface area is 291 Å². The lowest BCUT2D eigenvalue weighted by Crippen LogP contribution is -2.51. The summed E-state index contributed by atoms with van der Waals surface area (Å²) in [6, 6.07) is 8.87. The number of fused-ring (bicyclic) bond motifs is 1. The molecule has 1 aliphatic carbocycles. The van der Waals surface area contributed by atoms with Crippen LogP contribution in [0.25, 0.3) is 11.2 Å². The molecule has 50 heavy (non-hydrogen) atoms. The molecule has 3 fully saturated rings. The lowest BCUT2D eigenvalue weighted by atomic mass is 9.90. The van der Waals surface area contributed by atoms with Crippen molar-refractivity contribution < 1.29 is 28.2 Å². The van der Waals surface area contributed by atoms with Gasteiger partial charge in [0.25, 0.3) is 0 Å². The molecule has 5 atom stereocenters. The standard InChI is InChI=1S/C35H50F3N9O3/c1-4-14-46(33(50)35(36,37)38)26-20-27(30(49)29(26)48)47-22-40-28-31(41-34(42-32(28)47)45-17-12-25(21-45)43(2)3)39-13-18-44-15-10-24(11-16-44)19-23-8-6-5-7-9-23/h5-9,22,24-27,29-30,48-49H,4,10-21H2,1-3H3,(H,39,41,42)/t25-,26+,27-,29-,30+/m1/s1. The van der Waals surface area contributed by atoms with Gasteiger partial charge in [-0.3, -0.25) is 4.79 Å². The van der Waals surface area contributed by atoms with Gasteiger partial charge < -0.3 is 39.7 Å². The number of aliphatic hydroxyl groups excluding tert-OH is 2. The summed E-state index contributed by atoms with van der Waals surface area (Å²) in [6.45, 7) is 6.43. The number of anilines is 2. The minimum Gasteiger partial charge on any atom is -0.388 e. The molecule has 6 rings (SSSR count). The second-order valence-corrected chi connectivity index (χ2v) is 14.3. The number of alkyl halides is 3. The number of likely N-dealkylation sites (N-methyl/N-ethyl adjacent to an activating group) is 1. The van der Waals surface area contributed by atoms with E-state index in [1.807, 2.05) is 20.2 Å². The molecular formula is C35H50F3N9O3. The Balaban J connectivity index is 1.20. The summed E-state index contributed by atoms with van der Waals surface area (Å²) in [4.78, 5) is 34.2. The molecule has 2 aliphatic heterocycles. The molecule has 274 valence electrons. The van der Waals surface area contributed by atoms with E-state index in [2.05, 4.69) is 49.3 Å². The maximum atomic E-state index is 13.5. The number of likely N-dealkylation sites (tertiary alicyclic amines) is 1. The average molecular weight is 702 g/mol. The summed E-state index contributed by atoms with van der Waals surface area (Å²) in [5.74, 6) is -0.309. The van der Waals surface area contributed by atoms with Gasteiger partial charge in [0.1, 0.15) is 12.2 Å². The second-order valence-electron chi connectivity index (χ2n) is 14.3. The van der Waals surface area contributed by atoms with Gasteiger partial charge in [-0.25, -0.2) is 4.98 Å². The number of nitrogens with zero attached hydrogens (tertiary/aromatic N) is 8. The van der Waals surface area contributed by atoms with Gasteiger partial charge in [0, 0.05) is 38.8 Å². The van der Waals surface area contributed by atoms with Crippen LogP contribution in [0.4, 0.5) is 24.9 Å². The highest BCUT2D eigenvalue weighted by molar-refractivity contribution is 5.85. The van der Waals surface area contributed by atoms with Crippen molar-refractivity contribution in [1.29, 1.82) is 0 Å².